The smallest absolute Gasteiger partial charge is 0.127 e. The topological polar surface area (TPSA) is 9.23 Å². The molecule has 0 aliphatic carbocycles. The van der Waals surface area contributed by atoms with Crippen molar-refractivity contribution in [3.05, 3.63) is 109 Å². The highest BCUT2D eigenvalue weighted by Gasteiger charge is 2.02. The summed E-state index contributed by atoms with van der Waals surface area (Å²) in [6, 6.07) is 37.2. The predicted octanol–water partition coefficient (Wildman–Crippen LogP) is 7.78. The maximum atomic E-state index is 5.97. The third kappa shape index (κ3) is 5.19. The first-order valence-corrected chi connectivity index (χ1v) is 10.3. The van der Waals surface area contributed by atoms with Crippen LogP contribution < -0.4 is 4.74 Å². The normalized spacial score (nSPS) is 10.5. The van der Waals surface area contributed by atoms with E-state index in [-0.39, 0.29) is 0 Å². The van der Waals surface area contributed by atoms with E-state index in [1.54, 1.807) is 23.5 Å². The van der Waals surface area contributed by atoms with Gasteiger partial charge in [0.25, 0.3) is 0 Å². The van der Waals surface area contributed by atoms with Crippen LogP contribution in [0.4, 0.5) is 0 Å². The fourth-order valence-corrected chi connectivity index (χ4v) is 4.21. The van der Waals surface area contributed by atoms with E-state index < -0.39 is 0 Å². The van der Waals surface area contributed by atoms with Crippen LogP contribution in [-0.4, -0.2) is 0 Å². The molecule has 27 heavy (non-hydrogen) atoms. The molecule has 0 saturated heterocycles. The molecule has 1 nitrogen and oxygen atoms in total. The van der Waals surface area contributed by atoms with E-state index in [0.29, 0.717) is 0 Å². The summed E-state index contributed by atoms with van der Waals surface area (Å²) in [6.07, 6.45) is 0. The average molecular weight is 387 g/mol. The third-order valence-electron chi connectivity index (χ3n) is 3.84. The zero-order valence-electron chi connectivity index (χ0n) is 14.6. The number of ether oxygens (including phenoxy) is 1. The highest BCUT2D eigenvalue weighted by molar-refractivity contribution is 7.99. The maximum Gasteiger partial charge on any atom is 0.127 e. The molecule has 4 aromatic carbocycles. The highest BCUT2D eigenvalue weighted by Crippen LogP contribution is 2.32. The summed E-state index contributed by atoms with van der Waals surface area (Å²) in [5.41, 5.74) is 0. The van der Waals surface area contributed by atoms with Gasteiger partial charge in [0.05, 0.1) is 0 Å². The summed E-state index contributed by atoms with van der Waals surface area (Å²) in [7, 11) is 0. The predicted molar refractivity (Wildman–Crippen MR) is 114 cm³/mol. The minimum absolute atomic E-state index is 0.843. The Labute approximate surface area is 168 Å². The molecule has 0 amide bonds. The number of hydrogen-bond donors (Lipinski definition) is 0. The minimum Gasteiger partial charge on any atom is -0.457 e. The molecule has 0 heterocycles. The molecule has 0 aromatic heterocycles. The van der Waals surface area contributed by atoms with Gasteiger partial charge >= 0.3 is 0 Å². The zero-order chi connectivity index (χ0) is 18.3. The van der Waals surface area contributed by atoms with Crippen LogP contribution in [0.3, 0.4) is 0 Å². The van der Waals surface area contributed by atoms with Crippen molar-refractivity contribution >= 4 is 23.5 Å². The van der Waals surface area contributed by atoms with E-state index in [9.17, 15) is 0 Å². The first kappa shape index (κ1) is 17.8. The van der Waals surface area contributed by atoms with Gasteiger partial charge in [0.15, 0.2) is 0 Å². The Kier molecular flexibility index (Phi) is 5.83. The zero-order valence-corrected chi connectivity index (χ0v) is 16.3. The lowest BCUT2D eigenvalue weighted by molar-refractivity contribution is 0.482. The van der Waals surface area contributed by atoms with Gasteiger partial charge in [-0.3, -0.25) is 0 Å². The van der Waals surface area contributed by atoms with Crippen LogP contribution in [0.1, 0.15) is 0 Å². The van der Waals surface area contributed by atoms with Crippen LogP contribution in [0, 0.1) is 0 Å². The van der Waals surface area contributed by atoms with Crippen molar-refractivity contribution in [3.63, 3.8) is 0 Å². The first-order chi connectivity index (χ1) is 13.3. The van der Waals surface area contributed by atoms with Gasteiger partial charge in [-0.25, -0.2) is 0 Å². The Morgan fingerprint density at radius 2 is 0.704 bits per heavy atom. The summed E-state index contributed by atoms with van der Waals surface area (Å²) in [6.45, 7) is 0. The lowest BCUT2D eigenvalue weighted by atomic mass is 10.3. The van der Waals surface area contributed by atoms with E-state index in [2.05, 4.69) is 72.8 Å². The minimum atomic E-state index is 0.843. The molecular formula is C24H18OS2. The molecule has 132 valence electrons. The largest absolute Gasteiger partial charge is 0.457 e. The van der Waals surface area contributed by atoms with Gasteiger partial charge in [-0.15, -0.1) is 0 Å². The Morgan fingerprint density at radius 3 is 1.07 bits per heavy atom. The van der Waals surface area contributed by atoms with Gasteiger partial charge in [-0.05, 0) is 72.8 Å². The molecule has 0 bridgehead atoms. The summed E-state index contributed by atoms with van der Waals surface area (Å²) < 4.78 is 5.97. The van der Waals surface area contributed by atoms with E-state index in [0.717, 1.165) is 11.5 Å². The van der Waals surface area contributed by atoms with Crippen LogP contribution in [-0.2, 0) is 0 Å². The summed E-state index contributed by atoms with van der Waals surface area (Å²) >= 11 is 3.49. The van der Waals surface area contributed by atoms with Crippen molar-refractivity contribution < 1.29 is 4.74 Å². The first-order valence-electron chi connectivity index (χ1n) is 8.69. The van der Waals surface area contributed by atoms with E-state index in [4.69, 9.17) is 4.74 Å². The van der Waals surface area contributed by atoms with Crippen molar-refractivity contribution in [2.45, 2.75) is 19.6 Å². The van der Waals surface area contributed by atoms with E-state index in [1.165, 1.54) is 19.6 Å². The molecule has 0 N–H and O–H groups in total. The standard InChI is InChI=1S/C24H18OS2/c1-3-7-21(8-4-1)26-23-15-11-19(12-16-23)25-20-13-17-24(18-14-20)27-22-9-5-2-6-10-22/h1-18H. The van der Waals surface area contributed by atoms with Crippen LogP contribution in [0.2, 0.25) is 0 Å². The molecule has 0 aliphatic heterocycles. The Balaban J connectivity index is 1.37. The number of benzene rings is 4. The van der Waals surface area contributed by atoms with Crippen LogP contribution >= 0.6 is 23.5 Å². The quantitative estimate of drug-likeness (QED) is 0.335. The van der Waals surface area contributed by atoms with Crippen LogP contribution in [0.15, 0.2) is 129 Å². The van der Waals surface area contributed by atoms with E-state index in [1.807, 2.05) is 36.4 Å². The van der Waals surface area contributed by atoms with Gasteiger partial charge in [0.2, 0.25) is 0 Å². The second-order valence-corrected chi connectivity index (χ2v) is 8.17. The number of hydrogen-bond acceptors (Lipinski definition) is 3. The van der Waals surface area contributed by atoms with Gasteiger partial charge in [0, 0.05) is 19.6 Å². The van der Waals surface area contributed by atoms with Gasteiger partial charge < -0.3 is 4.74 Å². The Morgan fingerprint density at radius 1 is 0.370 bits per heavy atom. The maximum absolute atomic E-state index is 5.97. The summed E-state index contributed by atoms with van der Waals surface area (Å²) in [4.78, 5) is 4.86. The lowest BCUT2D eigenvalue weighted by Crippen LogP contribution is -1.84. The number of rotatable bonds is 6. The monoisotopic (exact) mass is 386 g/mol. The molecule has 4 aromatic rings. The lowest BCUT2D eigenvalue weighted by Gasteiger charge is -2.08. The third-order valence-corrected chi connectivity index (χ3v) is 5.87. The molecule has 0 saturated carbocycles. The van der Waals surface area contributed by atoms with Crippen molar-refractivity contribution in [3.8, 4) is 11.5 Å². The van der Waals surface area contributed by atoms with Crippen molar-refractivity contribution in [1.29, 1.82) is 0 Å². The van der Waals surface area contributed by atoms with Gasteiger partial charge in [0.1, 0.15) is 11.5 Å². The Hall–Kier alpha value is -2.62. The molecule has 0 fully saturated rings. The second-order valence-electron chi connectivity index (χ2n) is 5.88. The highest BCUT2D eigenvalue weighted by atomic mass is 32.2. The van der Waals surface area contributed by atoms with Crippen LogP contribution in [0.25, 0.3) is 0 Å². The fourth-order valence-electron chi connectivity index (χ4n) is 2.54. The SMILES string of the molecule is c1ccc(Sc2ccc(Oc3ccc(Sc4ccccc4)cc3)cc2)cc1. The Bertz CT molecular complexity index is 883. The summed E-state index contributed by atoms with van der Waals surface area (Å²) in [5.74, 6) is 1.69. The average Bonchev–Trinajstić information content (AvgIpc) is 2.73. The second kappa shape index (κ2) is 8.85. The van der Waals surface area contributed by atoms with Gasteiger partial charge in [-0.1, -0.05) is 59.9 Å². The molecule has 3 heteroatoms. The van der Waals surface area contributed by atoms with Crippen molar-refractivity contribution in [2.75, 3.05) is 0 Å². The molecule has 0 spiro atoms. The molecular weight excluding hydrogens is 368 g/mol. The van der Waals surface area contributed by atoms with Gasteiger partial charge in [-0.2, -0.15) is 0 Å². The molecule has 4 rings (SSSR count). The molecule has 0 aliphatic rings. The molecule has 0 unspecified atom stereocenters. The van der Waals surface area contributed by atoms with Crippen molar-refractivity contribution in [1.82, 2.24) is 0 Å². The van der Waals surface area contributed by atoms with Crippen molar-refractivity contribution in [2.24, 2.45) is 0 Å². The molecule has 0 atom stereocenters. The summed E-state index contributed by atoms with van der Waals surface area (Å²) in [5, 5.41) is 0. The molecule has 0 radical (unpaired) electrons. The van der Waals surface area contributed by atoms with E-state index >= 15 is 0 Å². The fraction of sp³-hybridized carbons (Fsp3) is 0. The van der Waals surface area contributed by atoms with Crippen LogP contribution in [0.5, 0.6) is 11.5 Å².